The summed E-state index contributed by atoms with van der Waals surface area (Å²) in [5, 5.41) is 8.96. The number of likely N-dealkylation sites (tertiary alicyclic amines) is 1. The van der Waals surface area contributed by atoms with Crippen molar-refractivity contribution in [1.29, 1.82) is 0 Å². The molecule has 2 fully saturated rings. The highest BCUT2D eigenvalue weighted by molar-refractivity contribution is 5.79. The number of rotatable bonds is 3. The summed E-state index contributed by atoms with van der Waals surface area (Å²) in [6.07, 6.45) is 4.99. The number of carbonyl (C=O) groups excluding carboxylic acids is 1. The first-order valence-electron chi connectivity index (χ1n) is 7.28. The number of aliphatic hydroxyl groups excluding tert-OH is 1. The van der Waals surface area contributed by atoms with E-state index in [-0.39, 0.29) is 18.6 Å². The summed E-state index contributed by atoms with van der Waals surface area (Å²) in [4.78, 5) is 14.5. The fourth-order valence-electron chi connectivity index (χ4n) is 3.43. The molecule has 0 radical (unpaired) electrons. The monoisotopic (exact) mass is 254 g/mol. The van der Waals surface area contributed by atoms with Crippen molar-refractivity contribution in [3.63, 3.8) is 0 Å². The molecule has 0 aromatic carbocycles. The van der Waals surface area contributed by atoms with Crippen LogP contribution in [0, 0.1) is 17.8 Å². The quantitative estimate of drug-likeness (QED) is 0.789. The third kappa shape index (κ3) is 2.86. The summed E-state index contributed by atoms with van der Waals surface area (Å²) in [5.74, 6) is 1.23. The Morgan fingerprint density at radius 2 is 2.17 bits per heavy atom. The number of hydrogen-bond acceptors (Lipinski definition) is 3. The van der Waals surface area contributed by atoms with E-state index in [1.54, 1.807) is 0 Å². The second kappa shape index (κ2) is 6.02. The van der Waals surface area contributed by atoms with E-state index >= 15 is 0 Å². The van der Waals surface area contributed by atoms with Crippen LogP contribution in [0.1, 0.15) is 39.0 Å². The topological polar surface area (TPSA) is 66.6 Å². The van der Waals surface area contributed by atoms with Gasteiger partial charge in [-0.15, -0.1) is 0 Å². The van der Waals surface area contributed by atoms with Crippen molar-refractivity contribution in [1.82, 2.24) is 4.90 Å². The lowest BCUT2D eigenvalue weighted by atomic mass is 9.76. The summed E-state index contributed by atoms with van der Waals surface area (Å²) in [6.45, 7) is 4.05. The normalized spacial score (nSPS) is 36.9. The average molecular weight is 254 g/mol. The van der Waals surface area contributed by atoms with Gasteiger partial charge in [-0.3, -0.25) is 4.79 Å². The number of hydrogen-bond donors (Lipinski definition) is 2. The van der Waals surface area contributed by atoms with Gasteiger partial charge in [0.2, 0.25) is 5.91 Å². The molecule has 0 spiro atoms. The average Bonchev–Trinajstić information content (AvgIpc) is 2.81. The zero-order chi connectivity index (χ0) is 13.1. The molecule has 4 heteroatoms. The standard InChI is InChI=1S/C14H26N2O2/c1-10-12(3-2-4-13(10)15)14(18)16-7-5-11(9-16)6-8-17/h10-13,17H,2-9,15H2,1H3. The molecule has 18 heavy (non-hydrogen) atoms. The van der Waals surface area contributed by atoms with Crippen molar-refractivity contribution in [2.75, 3.05) is 19.7 Å². The Morgan fingerprint density at radius 1 is 1.39 bits per heavy atom. The van der Waals surface area contributed by atoms with Crippen LogP contribution in [0.25, 0.3) is 0 Å². The van der Waals surface area contributed by atoms with Crippen LogP contribution in [0.2, 0.25) is 0 Å². The van der Waals surface area contributed by atoms with Gasteiger partial charge in [-0.1, -0.05) is 13.3 Å². The highest BCUT2D eigenvalue weighted by atomic mass is 16.3. The van der Waals surface area contributed by atoms with Gasteiger partial charge in [0.25, 0.3) is 0 Å². The molecular formula is C14H26N2O2. The number of carbonyl (C=O) groups is 1. The molecule has 4 unspecified atom stereocenters. The van der Waals surface area contributed by atoms with Crippen LogP contribution in [-0.4, -0.2) is 41.7 Å². The van der Waals surface area contributed by atoms with E-state index in [1.165, 1.54) is 0 Å². The Morgan fingerprint density at radius 3 is 2.89 bits per heavy atom. The van der Waals surface area contributed by atoms with E-state index < -0.39 is 0 Å². The van der Waals surface area contributed by atoms with Crippen LogP contribution in [0.15, 0.2) is 0 Å². The molecule has 2 aliphatic rings. The minimum Gasteiger partial charge on any atom is -0.396 e. The predicted molar refractivity (Wildman–Crippen MR) is 70.9 cm³/mol. The minimum absolute atomic E-state index is 0.127. The second-order valence-corrected chi connectivity index (χ2v) is 6.01. The molecule has 3 N–H and O–H groups in total. The van der Waals surface area contributed by atoms with Crippen molar-refractivity contribution in [3.8, 4) is 0 Å². The number of nitrogens with two attached hydrogens (primary N) is 1. The molecule has 1 heterocycles. The Labute approximate surface area is 110 Å². The first-order valence-corrected chi connectivity index (χ1v) is 7.28. The van der Waals surface area contributed by atoms with E-state index in [9.17, 15) is 4.79 Å². The van der Waals surface area contributed by atoms with Gasteiger partial charge in [0.05, 0.1) is 0 Å². The highest BCUT2D eigenvalue weighted by Gasteiger charge is 2.37. The lowest BCUT2D eigenvalue weighted by Crippen LogP contribution is -2.45. The maximum Gasteiger partial charge on any atom is 0.226 e. The maximum atomic E-state index is 12.5. The van der Waals surface area contributed by atoms with Gasteiger partial charge in [0.15, 0.2) is 0 Å². The van der Waals surface area contributed by atoms with Crippen molar-refractivity contribution >= 4 is 5.91 Å². The van der Waals surface area contributed by atoms with Crippen LogP contribution in [0.4, 0.5) is 0 Å². The van der Waals surface area contributed by atoms with E-state index in [4.69, 9.17) is 10.8 Å². The van der Waals surface area contributed by atoms with Crippen molar-refractivity contribution in [2.24, 2.45) is 23.5 Å². The van der Waals surface area contributed by atoms with Crippen molar-refractivity contribution in [2.45, 2.75) is 45.1 Å². The van der Waals surface area contributed by atoms with Crippen molar-refractivity contribution in [3.05, 3.63) is 0 Å². The summed E-state index contributed by atoms with van der Waals surface area (Å²) >= 11 is 0. The zero-order valence-corrected chi connectivity index (χ0v) is 11.3. The Bertz CT molecular complexity index is 296. The molecule has 0 bridgehead atoms. The fourth-order valence-corrected chi connectivity index (χ4v) is 3.43. The SMILES string of the molecule is CC1C(N)CCCC1C(=O)N1CCC(CCO)C1. The molecule has 1 aliphatic heterocycles. The van der Waals surface area contributed by atoms with Gasteiger partial charge in [-0.25, -0.2) is 0 Å². The van der Waals surface area contributed by atoms with E-state index in [0.717, 1.165) is 45.2 Å². The van der Waals surface area contributed by atoms with Crippen LogP contribution in [0.3, 0.4) is 0 Å². The van der Waals surface area contributed by atoms with E-state index in [0.29, 0.717) is 17.7 Å². The van der Waals surface area contributed by atoms with E-state index in [1.807, 2.05) is 4.90 Å². The minimum atomic E-state index is 0.127. The molecule has 4 nitrogen and oxygen atoms in total. The number of aliphatic hydroxyl groups is 1. The lowest BCUT2D eigenvalue weighted by Gasteiger charge is -2.35. The largest absolute Gasteiger partial charge is 0.396 e. The van der Waals surface area contributed by atoms with Gasteiger partial charge >= 0.3 is 0 Å². The summed E-state index contributed by atoms with van der Waals surface area (Å²) in [5.41, 5.74) is 6.08. The number of amides is 1. The smallest absolute Gasteiger partial charge is 0.226 e. The fraction of sp³-hybridized carbons (Fsp3) is 0.929. The lowest BCUT2D eigenvalue weighted by molar-refractivity contribution is -0.137. The van der Waals surface area contributed by atoms with Crippen molar-refractivity contribution < 1.29 is 9.90 Å². The molecule has 1 saturated heterocycles. The van der Waals surface area contributed by atoms with E-state index in [2.05, 4.69) is 6.92 Å². The third-order valence-electron chi connectivity index (χ3n) is 4.81. The Hall–Kier alpha value is -0.610. The second-order valence-electron chi connectivity index (χ2n) is 6.01. The van der Waals surface area contributed by atoms with Crippen LogP contribution >= 0.6 is 0 Å². The molecule has 0 aromatic rings. The molecular weight excluding hydrogens is 228 g/mol. The summed E-state index contributed by atoms with van der Waals surface area (Å²) in [7, 11) is 0. The first kappa shape index (κ1) is 13.8. The molecule has 1 aliphatic carbocycles. The number of nitrogens with zero attached hydrogens (tertiary/aromatic N) is 1. The molecule has 104 valence electrons. The van der Waals surface area contributed by atoms with Crippen LogP contribution < -0.4 is 5.73 Å². The van der Waals surface area contributed by atoms with Crippen LogP contribution in [0.5, 0.6) is 0 Å². The Balaban J connectivity index is 1.91. The molecule has 4 atom stereocenters. The highest BCUT2D eigenvalue weighted by Crippen LogP contribution is 2.32. The molecule has 1 saturated carbocycles. The van der Waals surface area contributed by atoms with Gasteiger partial charge in [0.1, 0.15) is 0 Å². The summed E-state index contributed by atoms with van der Waals surface area (Å²) in [6, 6.07) is 0.184. The Kier molecular flexibility index (Phi) is 4.62. The van der Waals surface area contributed by atoms with Crippen LogP contribution in [-0.2, 0) is 4.79 Å². The van der Waals surface area contributed by atoms with Gasteiger partial charge in [0, 0.05) is 31.7 Å². The predicted octanol–water partition coefficient (Wildman–Crippen LogP) is 0.981. The molecule has 1 amide bonds. The molecule has 0 aromatic heterocycles. The van der Waals surface area contributed by atoms with Gasteiger partial charge in [-0.2, -0.15) is 0 Å². The molecule has 2 rings (SSSR count). The zero-order valence-electron chi connectivity index (χ0n) is 11.3. The van der Waals surface area contributed by atoms with Gasteiger partial charge in [-0.05, 0) is 37.5 Å². The third-order valence-corrected chi connectivity index (χ3v) is 4.81. The first-order chi connectivity index (χ1) is 8.63. The van der Waals surface area contributed by atoms with Gasteiger partial charge < -0.3 is 15.7 Å². The summed E-state index contributed by atoms with van der Waals surface area (Å²) < 4.78 is 0. The maximum absolute atomic E-state index is 12.5.